The SMILES string of the molecule is Bc1ccc(O)c(C(C)NNC(=O)CSc2nc3ccccc3n2Cc2ccccc2)c1. The van der Waals surface area contributed by atoms with Crippen molar-refractivity contribution in [2.45, 2.75) is 24.7 Å². The van der Waals surface area contributed by atoms with Crippen LogP contribution in [-0.2, 0) is 11.3 Å². The van der Waals surface area contributed by atoms with E-state index in [4.69, 9.17) is 4.98 Å². The number of fused-ring (bicyclic) bond motifs is 1. The minimum absolute atomic E-state index is 0.160. The van der Waals surface area contributed by atoms with Crippen molar-refractivity contribution in [3.8, 4) is 5.75 Å². The van der Waals surface area contributed by atoms with Crippen LogP contribution in [0.25, 0.3) is 11.0 Å². The highest BCUT2D eigenvalue weighted by atomic mass is 32.2. The minimum atomic E-state index is -0.230. The number of aromatic nitrogens is 2. The summed E-state index contributed by atoms with van der Waals surface area (Å²) in [5, 5.41) is 10.9. The molecule has 0 bridgehead atoms. The molecule has 0 radical (unpaired) electrons. The maximum atomic E-state index is 12.5. The number of hydrazine groups is 1. The fraction of sp³-hybridized carbons (Fsp3) is 0.167. The Morgan fingerprint density at radius 3 is 2.69 bits per heavy atom. The van der Waals surface area contributed by atoms with Gasteiger partial charge in [-0.3, -0.25) is 10.2 Å². The van der Waals surface area contributed by atoms with Gasteiger partial charge >= 0.3 is 0 Å². The lowest BCUT2D eigenvalue weighted by Crippen LogP contribution is -2.40. The van der Waals surface area contributed by atoms with Gasteiger partial charge in [-0.05, 0) is 30.7 Å². The minimum Gasteiger partial charge on any atom is -0.508 e. The van der Waals surface area contributed by atoms with Crippen LogP contribution in [-0.4, -0.2) is 34.2 Å². The number of carbonyl (C=O) groups is 1. The first-order valence-electron chi connectivity index (χ1n) is 10.5. The van der Waals surface area contributed by atoms with Crippen LogP contribution in [0, 0.1) is 0 Å². The summed E-state index contributed by atoms with van der Waals surface area (Å²) >= 11 is 1.40. The number of hydrogen-bond donors (Lipinski definition) is 3. The summed E-state index contributed by atoms with van der Waals surface area (Å²) in [6.45, 7) is 2.58. The van der Waals surface area contributed by atoms with Crippen molar-refractivity contribution in [2.24, 2.45) is 0 Å². The molecule has 4 rings (SSSR count). The van der Waals surface area contributed by atoms with Crippen molar-refractivity contribution in [3.05, 3.63) is 83.9 Å². The zero-order chi connectivity index (χ0) is 22.5. The first kappa shape index (κ1) is 22.0. The fourth-order valence-corrected chi connectivity index (χ4v) is 4.35. The first-order chi connectivity index (χ1) is 15.5. The molecule has 8 heteroatoms. The lowest BCUT2D eigenvalue weighted by molar-refractivity contribution is -0.119. The summed E-state index contributed by atoms with van der Waals surface area (Å²) in [7, 11) is 1.96. The number of amides is 1. The second-order valence-electron chi connectivity index (χ2n) is 7.72. The first-order valence-corrected chi connectivity index (χ1v) is 11.5. The van der Waals surface area contributed by atoms with Gasteiger partial charge in [-0.2, -0.15) is 0 Å². The molecular formula is C24H25BN4O2S. The van der Waals surface area contributed by atoms with Crippen molar-refractivity contribution in [1.82, 2.24) is 20.4 Å². The molecule has 1 unspecified atom stereocenters. The van der Waals surface area contributed by atoms with Gasteiger partial charge in [-0.25, -0.2) is 10.4 Å². The Bertz CT molecular complexity index is 1230. The number of nitrogens with one attached hydrogen (secondary N) is 2. The maximum absolute atomic E-state index is 12.5. The normalized spacial score (nSPS) is 12.0. The molecule has 4 aromatic rings. The van der Waals surface area contributed by atoms with E-state index in [0.29, 0.717) is 6.54 Å². The monoisotopic (exact) mass is 444 g/mol. The van der Waals surface area contributed by atoms with Crippen LogP contribution in [0.3, 0.4) is 0 Å². The van der Waals surface area contributed by atoms with Crippen LogP contribution in [0.5, 0.6) is 5.75 Å². The maximum Gasteiger partial charge on any atom is 0.244 e. The van der Waals surface area contributed by atoms with Gasteiger partial charge in [0.1, 0.15) is 13.6 Å². The van der Waals surface area contributed by atoms with Crippen molar-refractivity contribution >= 4 is 42.0 Å². The van der Waals surface area contributed by atoms with Gasteiger partial charge in [0.25, 0.3) is 0 Å². The molecule has 32 heavy (non-hydrogen) atoms. The van der Waals surface area contributed by atoms with Gasteiger partial charge in [-0.15, -0.1) is 0 Å². The van der Waals surface area contributed by atoms with E-state index >= 15 is 0 Å². The Morgan fingerprint density at radius 1 is 1.12 bits per heavy atom. The molecule has 0 saturated heterocycles. The highest BCUT2D eigenvalue weighted by Crippen LogP contribution is 2.25. The highest BCUT2D eigenvalue weighted by Gasteiger charge is 2.15. The van der Waals surface area contributed by atoms with Gasteiger partial charge in [0, 0.05) is 5.56 Å². The number of phenolic OH excluding ortho intramolecular Hbond substituents is 1. The van der Waals surface area contributed by atoms with Crippen LogP contribution in [0.1, 0.15) is 24.1 Å². The van der Waals surface area contributed by atoms with E-state index in [1.807, 2.05) is 69.4 Å². The van der Waals surface area contributed by atoms with Crippen LogP contribution >= 0.6 is 11.8 Å². The molecule has 162 valence electrons. The zero-order valence-corrected chi connectivity index (χ0v) is 18.9. The average molecular weight is 444 g/mol. The summed E-state index contributed by atoms with van der Waals surface area (Å²) in [4.78, 5) is 17.2. The molecule has 0 aliphatic heterocycles. The summed E-state index contributed by atoms with van der Waals surface area (Å²) < 4.78 is 2.14. The van der Waals surface area contributed by atoms with E-state index in [-0.39, 0.29) is 23.5 Å². The number of carbonyl (C=O) groups excluding carboxylic acids is 1. The van der Waals surface area contributed by atoms with Gasteiger partial charge in [-0.1, -0.05) is 71.8 Å². The fourth-order valence-electron chi connectivity index (χ4n) is 3.54. The molecule has 3 N–H and O–H groups in total. The zero-order valence-electron chi connectivity index (χ0n) is 18.1. The molecule has 1 aromatic heterocycles. The summed E-state index contributed by atoms with van der Waals surface area (Å²) in [5.41, 5.74) is 10.6. The molecule has 0 saturated carbocycles. The smallest absolute Gasteiger partial charge is 0.244 e. The van der Waals surface area contributed by atoms with Crippen LogP contribution < -0.4 is 16.3 Å². The third-order valence-corrected chi connectivity index (χ3v) is 6.19. The summed E-state index contributed by atoms with van der Waals surface area (Å²) in [6, 6.07) is 23.4. The van der Waals surface area contributed by atoms with Crippen molar-refractivity contribution in [1.29, 1.82) is 0 Å². The van der Waals surface area contributed by atoms with Gasteiger partial charge in [0.05, 0.1) is 29.4 Å². The molecule has 6 nitrogen and oxygen atoms in total. The topological polar surface area (TPSA) is 79.2 Å². The number of imidazole rings is 1. The van der Waals surface area contributed by atoms with E-state index in [9.17, 15) is 9.90 Å². The van der Waals surface area contributed by atoms with Crippen molar-refractivity contribution in [3.63, 3.8) is 0 Å². The Morgan fingerprint density at radius 2 is 1.88 bits per heavy atom. The van der Waals surface area contributed by atoms with Gasteiger partial charge in [0.15, 0.2) is 5.16 Å². The van der Waals surface area contributed by atoms with Gasteiger partial charge < -0.3 is 9.67 Å². The number of aromatic hydroxyl groups is 1. The van der Waals surface area contributed by atoms with E-state index in [2.05, 4.69) is 27.6 Å². The highest BCUT2D eigenvalue weighted by molar-refractivity contribution is 7.99. The van der Waals surface area contributed by atoms with Crippen LogP contribution in [0.15, 0.2) is 78.0 Å². The molecule has 1 amide bonds. The molecule has 0 aliphatic rings. The van der Waals surface area contributed by atoms with Crippen LogP contribution in [0.4, 0.5) is 0 Å². The lowest BCUT2D eigenvalue weighted by atomic mass is 9.92. The number of para-hydroxylation sites is 2. The number of benzene rings is 3. The number of phenols is 1. The molecule has 0 fully saturated rings. The van der Waals surface area contributed by atoms with Crippen molar-refractivity contribution < 1.29 is 9.90 Å². The van der Waals surface area contributed by atoms with Crippen molar-refractivity contribution in [2.75, 3.05) is 5.75 Å². The molecular weight excluding hydrogens is 419 g/mol. The molecule has 0 spiro atoms. The Kier molecular flexibility index (Phi) is 6.82. The predicted molar refractivity (Wildman–Crippen MR) is 132 cm³/mol. The second-order valence-corrected chi connectivity index (χ2v) is 8.66. The molecule has 1 heterocycles. The van der Waals surface area contributed by atoms with E-state index in [0.717, 1.165) is 27.2 Å². The number of thioether (sulfide) groups is 1. The predicted octanol–water partition coefficient (Wildman–Crippen LogP) is 2.52. The molecule has 1 atom stereocenters. The average Bonchev–Trinajstić information content (AvgIpc) is 3.15. The second kappa shape index (κ2) is 9.93. The van der Waals surface area contributed by atoms with E-state index < -0.39 is 0 Å². The third kappa shape index (κ3) is 5.15. The number of hydrogen-bond acceptors (Lipinski definition) is 5. The van der Waals surface area contributed by atoms with Crippen LogP contribution in [0.2, 0.25) is 0 Å². The third-order valence-electron chi connectivity index (χ3n) is 5.21. The van der Waals surface area contributed by atoms with Gasteiger partial charge in [0.2, 0.25) is 5.91 Å². The Hall–Kier alpha value is -3.23. The lowest BCUT2D eigenvalue weighted by Gasteiger charge is -2.17. The number of rotatable bonds is 8. The number of nitrogens with zero attached hydrogens (tertiary/aromatic N) is 2. The molecule has 3 aromatic carbocycles. The summed E-state index contributed by atoms with van der Waals surface area (Å²) in [5.74, 6) is 0.263. The summed E-state index contributed by atoms with van der Waals surface area (Å²) in [6.07, 6.45) is 0. The standard InChI is InChI=1S/C24H25BN4O2S/c1-16(19-13-18(25)11-12-22(19)30)27-28-23(31)15-32-24-26-20-9-5-6-10-21(20)29(24)14-17-7-3-2-4-8-17/h2-13,16,27,30H,14-15,25H2,1H3,(H,28,31). The Balaban J connectivity index is 1.42. The largest absolute Gasteiger partial charge is 0.508 e. The van der Waals surface area contributed by atoms with E-state index in [1.54, 1.807) is 6.07 Å². The molecule has 0 aliphatic carbocycles. The van der Waals surface area contributed by atoms with E-state index in [1.165, 1.54) is 17.3 Å². The quantitative estimate of drug-likeness (QED) is 0.221. The Labute approximate surface area is 192 Å².